The average molecular weight is 278 g/mol. The van der Waals surface area contributed by atoms with Crippen molar-refractivity contribution in [3.63, 3.8) is 0 Å². The minimum atomic E-state index is 0.118. The molecule has 0 radical (unpaired) electrons. The second kappa shape index (κ2) is 5.38. The van der Waals surface area contributed by atoms with Crippen molar-refractivity contribution in [3.8, 4) is 6.07 Å². The fraction of sp³-hybridized carbons (Fsp3) is 0.231. The molecule has 1 N–H and O–H groups in total. The Morgan fingerprint density at radius 1 is 1.50 bits per heavy atom. The molecule has 0 aliphatic carbocycles. The highest BCUT2D eigenvalue weighted by molar-refractivity contribution is 7.11. The van der Waals surface area contributed by atoms with Crippen LogP contribution >= 0.6 is 22.9 Å². The molecule has 5 heteroatoms. The van der Waals surface area contributed by atoms with Gasteiger partial charge in [-0.1, -0.05) is 11.6 Å². The van der Waals surface area contributed by atoms with E-state index in [1.165, 1.54) is 4.88 Å². The van der Waals surface area contributed by atoms with Gasteiger partial charge < -0.3 is 5.32 Å². The zero-order chi connectivity index (χ0) is 13.1. The van der Waals surface area contributed by atoms with Crippen molar-refractivity contribution in [2.24, 2.45) is 0 Å². The lowest BCUT2D eigenvalue weighted by Crippen LogP contribution is -2.06. The molecule has 1 aromatic carbocycles. The van der Waals surface area contributed by atoms with Crippen LogP contribution in [0.4, 0.5) is 5.69 Å². The van der Waals surface area contributed by atoms with Gasteiger partial charge in [-0.25, -0.2) is 4.98 Å². The first kappa shape index (κ1) is 12.9. The van der Waals surface area contributed by atoms with Crippen molar-refractivity contribution >= 4 is 28.6 Å². The van der Waals surface area contributed by atoms with E-state index in [1.54, 1.807) is 23.5 Å². The summed E-state index contributed by atoms with van der Waals surface area (Å²) in [5, 5.41) is 13.6. The van der Waals surface area contributed by atoms with Crippen LogP contribution in [0.3, 0.4) is 0 Å². The second-order valence-corrected chi connectivity index (χ2v) is 5.66. The van der Waals surface area contributed by atoms with Crippen LogP contribution < -0.4 is 5.32 Å². The van der Waals surface area contributed by atoms with E-state index in [0.717, 1.165) is 10.7 Å². The van der Waals surface area contributed by atoms with Gasteiger partial charge in [-0.3, -0.25) is 0 Å². The van der Waals surface area contributed by atoms with Gasteiger partial charge in [0.1, 0.15) is 11.1 Å². The Labute approximate surface area is 115 Å². The second-order valence-electron chi connectivity index (χ2n) is 3.98. The minimum Gasteiger partial charge on any atom is -0.376 e. The van der Waals surface area contributed by atoms with Crippen molar-refractivity contribution in [3.05, 3.63) is 44.9 Å². The summed E-state index contributed by atoms with van der Waals surface area (Å²) in [6.45, 7) is 4.08. The fourth-order valence-corrected chi connectivity index (χ4v) is 2.58. The maximum atomic E-state index is 8.81. The van der Waals surface area contributed by atoms with Gasteiger partial charge in [0.05, 0.1) is 16.6 Å². The van der Waals surface area contributed by atoms with Crippen molar-refractivity contribution in [1.29, 1.82) is 5.26 Å². The molecule has 2 aromatic rings. The minimum absolute atomic E-state index is 0.118. The summed E-state index contributed by atoms with van der Waals surface area (Å²) in [5.41, 5.74) is 1.37. The first-order valence-corrected chi connectivity index (χ1v) is 6.68. The number of nitriles is 1. The van der Waals surface area contributed by atoms with Crippen LogP contribution in [0.5, 0.6) is 0 Å². The van der Waals surface area contributed by atoms with E-state index in [4.69, 9.17) is 16.9 Å². The molecule has 1 aromatic heterocycles. The van der Waals surface area contributed by atoms with Gasteiger partial charge in [0, 0.05) is 16.8 Å². The summed E-state index contributed by atoms with van der Waals surface area (Å²) in [5.74, 6) is 0. The van der Waals surface area contributed by atoms with E-state index >= 15 is 0 Å². The Balaban J connectivity index is 2.15. The number of rotatable bonds is 3. The van der Waals surface area contributed by atoms with E-state index < -0.39 is 0 Å². The summed E-state index contributed by atoms with van der Waals surface area (Å²) in [6.07, 6.45) is 1.87. The van der Waals surface area contributed by atoms with Gasteiger partial charge in [0.25, 0.3) is 0 Å². The van der Waals surface area contributed by atoms with Gasteiger partial charge in [-0.05, 0) is 32.0 Å². The van der Waals surface area contributed by atoms with Crippen LogP contribution in [0.25, 0.3) is 0 Å². The van der Waals surface area contributed by atoms with Gasteiger partial charge in [0.2, 0.25) is 0 Å². The molecular weight excluding hydrogens is 266 g/mol. The third-order valence-electron chi connectivity index (χ3n) is 2.48. The standard InChI is InChI=1S/C13H12ClN3S/c1-8-7-16-13(18-8)9(2)17-11-4-3-10(6-15)12(14)5-11/h3-5,7,9,17H,1-2H3. The van der Waals surface area contributed by atoms with Crippen molar-refractivity contribution in [1.82, 2.24) is 4.98 Å². The highest BCUT2D eigenvalue weighted by Gasteiger charge is 2.10. The van der Waals surface area contributed by atoms with Crippen LogP contribution in [0, 0.1) is 18.3 Å². The molecule has 1 unspecified atom stereocenters. The number of anilines is 1. The number of nitrogens with zero attached hydrogens (tertiary/aromatic N) is 2. The molecule has 2 rings (SSSR count). The molecule has 0 saturated carbocycles. The number of aryl methyl sites for hydroxylation is 1. The molecule has 0 saturated heterocycles. The summed E-state index contributed by atoms with van der Waals surface area (Å²) in [6, 6.07) is 7.48. The zero-order valence-electron chi connectivity index (χ0n) is 10.1. The van der Waals surface area contributed by atoms with E-state index in [2.05, 4.69) is 10.3 Å². The first-order chi connectivity index (χ1) is 8.60. The van der Waals surface area contributed by atoms with Crippen LogP contribution in [0.2, 0.25) is 5.02 Å². The highest BCUT2D eigenvalue weighted by atomic mass is 35.5. The molecule has 0 bridgehead atoms. The Kier molecular flexibility index (Phi) is 3.85. The number of nitrogens with one attached hydrogen (secondary N) is 1. The smallest absolute Gasteiger partial charge is 0.115 e. The molecule has 0 aliphatic heterocycles. The van der Waals surface area contributed by atoms with Crippen molar-refractivity contribution in [2.45, 2.75) is 19.9 Å². The van der Waals surface area contributed by atoms with E-state index in [-0.39, 0.29) is 6.04 Å². The van der Waals surface area contributed by atoms with Crippen LogP contribution in [-0.4, -0.2) is 4.98 Å². The Bertz CT molecular complexity index is 601. The summed E-state index contributed by atoms with van der Waals surface area (Å²) in [4.78, 5) is 5.53. The van der Waals surface area contributed by atoms with Crippen LogP contribution in [0.15, 0.2) is 24.4 Å². The predicted molar refractivity (Wildman–Crippen MR) is 75.1 cm³/mol. The van der Waals surface area contributed by atoms with Gasteiger partial charge in [-0.2, -0.15) is 5.26 Å². The third-order valence-corrected chi connectivity index (χ3v) is 3.89. The quantitative estimate of drug-likeness (QED) is 0.917. The normalized spacial score (nSPS) is 11.9. The topological polar surface area (TPSA) is 48.7 Å². The molecule has 1 atom stereocenters. The van der Waals surface area contributed by atoms with E-state index in [9.17, 15) is 0 Å². The summed E-state index contributed by atoms with van der Waals surface area (Å²) >= 11 is 7.66. The lowest BCUT2D eigenvalue weighted by molar-refractivity contribution is 0.870. The molecule has 18 heavy (non-hydrogen) atoms. The number of halogens is 1. The number of aromatic nitrogens is 1. The molecule has 0 fully saturated rings. The van der Waals surface area contributed by atoms with Crippen LogP contribution in [0.1, 0.15) is 28.4 Å². The maximum Gasteiger partial charge on any atom is 0.115 e. The summed E-state index contributed by atoms with van der Waals surface area (Å²) in [7, 11) is 0. The largest absolute Gasteiger partial charge is 0.376 e. The fourth-order valence-electron chi connectivity index (χ4n) is 1.58. The molecule has 92 valence electrons. The Morgan fingerprint density at radius 2 is 2.28 bits per heavy atom. The molecule has 0 amide bonds. The highest BCUT2D eigenvalue weighted by Crippen LogP contribution is 2.26. The van der Waals surface area contributed by atoms with Gasteiger partial charge in [-0.15, -0.1) is 11.3 Å². The van der Waals surface area contributed by atoms with Crippen LogP contribution in [-0.2, 0) is 0 Å². The lowest BCUT2D eigenvalue weighted by Gasteiger charge is -2.13. The average Bonchev–Trinajstić information content (AvgIpc) is 2.76. The zero-order valence-corrected chi connectivity index (χ0v) is 11.6. The Hall–Kier alpha value is -1.57. The predicted octanol–water partition coefficient (Wildman–Crippen LogP) is 4.15. The molecule has 0 aliphatic rings. The Morgan fingerprint density at radius 3 is 2.83 bits per heavy atom. The molecule has 1 heterocycles. The molecular formula is C13H12ClN3S. The van der Waals surface area contributed by atoms with E-state index in [0.29, 0.717) is 10.6 Å². The maximum absolute atomic E-state index is 8.81. The number of hydrogen-bond donors (Lipinski definition) is 1. The molecule has 0 spiro atoms. The first-order valence-electron chi connectivity index (χ1n) is 5.48. The SMILES string of the molecule is Cc1cnc(C(C)Nc2ccc(C#N)c(Cl)c2)s1. The van der Waals surface area contributed by atoms with E-state index in [1.807, 2.05) is 32.2 Å². The number of hydrogen-bond acceptors (Lipinski definition) is 4. The third kappa shape index (κ3) is 2.81. The number of benzene rings is 1. The van der Waals surface area contributed by atoms with Gasteiger partial charge >= 0.3 is 0 Å². The lowest BCUT2D eigenvalue weighted by atomic mass is 10.2. The monoisotopic (exact) mass is 277 g/mol. The van der Waals surface area contributed by atoms with Crippen molar-refractivity contribution < 1.29 is 0 Å². The number of thiazole rings is 1. The molecule has 3 nitrogen and oxygen atoms in total. The summed E-state index contributed by atoms with van der Waals surface area (Å²) < 4.78 is 0. The van der Waals surface area contributed by atoms with Crippen molar-refractivity contribution in [2.75, 3.05) is 5.32 Å². The van der Waals surface area contributed by atoms with Gasteiger partial charge in [0.15, 0.2) is 0 Å².